The summed E-state index contributed by atoms with van der Waals surface area (Å²) in [7, 11) is 0. The van der Waals surface area contributed by atoms with Crippen LogP contribution in [0.2, 0.25) is 0 Å². The van der Waals surface area contributed by atoms with Gasteiger partial charge in [0.1, 0.15) is 5.82 Å². The maximum atomic E-state index is 13.2. The Bertz CT molecular complexity index is 775. The van der Waals surface area contributed by atoms with Crippen LogP contribution in [0.5, 0.6) is 0 Å². The van der Waals surface area contributed by atoms with E-state index in [1.807, 2.05) is 12.1 Å². The van der Waals surface area contributed by atoms with Gasteiger partial charge in [-0.1, -0.05) is 43.3 Å². The van der Waals surface area contributed by atoms with Gasteiger partial charge in [0.2, 0.25) is 0 Å². The van der Waals surface area contributed by atoms with Crippen LogP contribution in [0.1, 0.15) is 23.6 Å². The smallest absolute Gasteiger partial charge is 0.315 e. The summed E-state index contributed by atoms with van der Waals surface area (Å²) < 4.78 is 13.2. The fourth-order valence-electron chi connectivity index (χ4n) is 3.46. The molecule has 2 amide bonds. The van der Waals surface area contributed by atoms with Crippen molar-refractivity contribution in [3.8, 4) is 0 Å². The van der Waals surface area contributed by atoms with Gasteiger partial charge < -0.3 is 15.5 Å². The van der Waals surface area contributed by atoms with Crippen LogP contribution in [0.15, 0.2) is 48.5 Å². The molecule has 0 saturated carbocycles. The predicted octanol–water partition coefficient (Wildman–Crippen LogP) is 2.96. The molecule has 0 atom stereocenters. The fraction of sp³-hybridized carbons (Fsp3) is 0.409. The number of hydrogen-bond acceptors (Lipinski definition) is 3. The summed E-state index contributed by atoms with van der Waals surface area (Å²) in [6.07, 6.45) is 0. The third-order valence-corrected chi connectivity index (χ3v) is 5.21. The van der Waals surface area contributed by atoms with Crippen LogP contribution in [0.25, 0.3) is 0 Å². The van der Waals surface area contributed by atoms with Crippen molar-refractivity contribution in [2.75, 3.05) is 32.7 Å². The number of amides is 2. The minimum Gasteiger partial charge on any atom is -0.334 e. The highest BCUT2D eigenvalue weighted by molar-refractivity contribution is 5.73. The van der Waals surface area contributed by atoms with Crippen LogP contribution < -0.4 is 10.6 Å². The van der Waals surface area contributed by atoms with E-state index in [1.54, 1.807) is 12.1 Å². The predicted molar refractivity (Wildman–Crippen MR) is 109 cm³/mol. The summed E-state index contributed by atoms with van der Waals surface area (Å²) in [5.74, 6) is -0.298. The van der Waals surface area contributed by atoms with Crippen LogP contribution >= 0.6 is 0 Å². The first-order valence-corrected chi connectivity index (χ1v) is 9.91. The molecule has 1 fully saturated rings. The van der Waals surface area contributed by atoms with E-state index in [0.717, 1.165) is 50.4 Å². The van der Waals surface area contributed by atoms with Crippen molar-refractivity contribution in [1.82, 2.24) is 20.4 Å². The average Bonchev–Trinajstić information content (AvgIpc) is 2.72. The van der Waals surface area contributed by atoms with Gasteiger partial charge in [0.05, 0.1) is 0 Å². The van der Waals surface area contributed by atoms with Gasteiger partial charge in [0, 0.05) is 45.8 Å². The number of likely N-dealkylation sites (N-methyl/N-ethyl adjacent to an activating group) is 1. The summed E-state index contributed by atoms with van der Waals surface area (Å²) in [5.41, 5.74) is 3.11. The van der Waals surface area contributed by atoms with Crippen LogP contribution in [0, 0.1) is 5.82 Å². The Kier molecular flexibility index (Phi) is 7.39. The molecule has 2 aromatic rings. The average molecular weight is 384 g/mol. The van der Waals surface area contributed by atoms with Crippen LogP contribution in [0.3, 0.4) is 0 Å². The maximum Gasteiger partial charge on any atom is 0.315 e. The highest BCUT2D eigenvalue weighted by Gasteiger charge is 2.16. The standard InChI is InChI=1S/C22H29FN4O/c1-2-26-10-12-27(13-11-26)17-20-8-4-3-7-19(20)16-25-22(28)24-15-18-6-5-9-21(23)14-18/h3-9,14H,2,10-13,15-17H2,1H3,(H2,24,25,28). The van der Waals surface area contributed by atoms with Gasteiger partial charge in [-0.3, -0.25) is 4.90 Å². The van der Waals surface area contributed by atoms with E-state index < -0.39 is 0 Å². The zero-order valence-corrected chi connectivity index (χ0v) is 16.5. The van der Waals surface area contributed by atoms with E-state index in [-0.39, 0.29) is 11.8 Å². The Hall–Kier alpha value is -2.44. The number of benzene rings is 2. The molecular weight excluding hydrogens is 355 g/mol. The van der Waals surface area contributed by atoms with E-state index in [1.165, 1.54) is 17.7 Å². The minimum absolute atomic E-state index is 0.254. The lowest BCUT2D eigenvalue weighted by Gasteiger charge is -2.34. The number of rotatable bonds is 7. The number of hydrogen-bond donors (Lipinski definition) is 2. The highest BCUT2D eigenvalue weighted by Crippen LogP contribution is 2.13. The molecule has 1 aliphatic rings. The van der Waals surface area contributed by atoms with Crippen molar-refractivity contribution >= 4 is 6.03 Å². The second-order valence-electron chi connectivity index (χ2n) is 7.15. The molecule has 0 spiro atoms. The van der Waals surface area contributed by atoms with Gasteiger partial charge in [0.15, 0.2) is 0 Å². The number of carbonyl (C=O) groups excluding carboxylic acids is 1. The van der Waals surface area contributed by atoms with E-state index in [4.69, 9.17) is 0 Å². The second-order valence-corrected chi connectivity index (χ2v) is 7.15. The van der Waals surface area contributed by atoms with Gasteiger partial charge in [0.25, 0.3) is 0 Å². The van der Waals surface area contributed by atoms with Gasteiger partial charge in [-0.25, -0.2) is 9.18 Å². The van der Waals surface area contributed by atoms with E-state index >= 15 is 0 Å². The summed E-state index contributed by atoms with van der Waals surface area (Å²) in [4.78, 5) is 17.0. The number of urea groups is 1. The molecule has 0 radical (unpaired) electrons. The number of piperazine rings is 1. The van der Waals surface area contributed by atoms with Gasteiger partial charge in [-0.05, 0) is 35.4 Å². The Morgan fingerprint density at radius 1 is 0.929 bits per heavy atom. The molecule has 28 heavy (non-hydrogen) atoms. The first-order chi connectivity index (χ1) is 13.6. The second kappa shape index (κ2) is 10.2. The van der Waals surface area contributed by atoms with Crippen LogP contribution in [-0.4, -0.2) is 48.6 Å². The lowest BCUT2D eigenvalue weighted by atomic mass is 10.1. The number of nitrogens with one attached hydrogen (secondary N) is 2. The normalized spacial score (nSPS) is 15.4. The van der Waals surface area contributed by atoms with Crippen molar-refractivity contribution in [2.24, 2.45) is 0 Å². The van der Waals surface area contributed by atoms with E-state index in [9.17, 15) is 9.18 Å². The number of halogens is 1. The molecule has 0 unspecified atom stereocenters. The minimum atomic E-state index is -0.298. The zero-order valence-electron chi connectivity index (χ0n) is 16.5. The molecular formula is C22H29FN4O. The van der Waals surface area contributed by atoms with Gasteiger partial charge in [-0.15, -0.1) is 0 Å². The lowest BCUT2D eigenvalue weighted by molar-refractivity contribution is 0.131. The topological polar surface area (TPSA) is 47.6 Å². The van der Waals surface area contributed by atoms with Crippen LogP contribution in [0.4, 0.5) is 9.18 Å². The molecule has 2 aromatic carbocycles. The van der Waals surface area contributed by atoms with Crippen LogP contribution in [-0.2, 0) is 19.6 Å². The molecule has 3 rings (SSSR count). The molecule has 1 saturated heterocycles. The number of carbonyl (C=O) groups is 1. The quantitative estimate of drug-likeness (QED) is 0.772. The Balaban J connectivity index is 1.48. The summed E-state index contributed by atoms with van der Waals surface area (Å²) in [6.45, 7) is 9.36. The molecule has 0 aromatic heterocycles. The number of nitrogens with zero attached hydrogens (tertiary/aromatic N) is 2. The van der Waals surface area contributed by atoms with Crippen molar-refractivity contribution in [2.45, 2.75) is 26.6 Å². The summed E-state index contributed by atoms with van der Waals surface area (Å²) >= 11 is 0. The third-order valence-electron chi connectivity index (χ3n) is 5.21. The molecule has 6 heteroatoms. The Labute approximate surface area is 166 Å². The van der Waals surface area contributed by atoms with Gasteiger partial charge in [-0.2, -0.15) is 0 Å². The summed E-state index contributed by atoms with van der Waals surface area (Å²) in [5, 5.41) is 5.68. The first-order valence-electron chi connectivity index (χ1n) is 9.91. The first kappa shape index (κ1) is 20.3. The Morgan fingerprint density at radius 3 is 2.32 bits per heavy atom. The van der Waals surface area contributed by atoms with Gasteiger partial charge >= 0.3 is 6.03 Å². The lowest BCUT2D eigenvalue weighted by Crippen LogP contribution is -2.45. The van der Waals surface area contributed by atoms with Crippen molar-refractivity contribution in [3.63, 3.8) is 0 Å². The molecule has 0 bridgehead atoms. The zero-order chi connectivity index (χ0) is 19.8. The molecule has 0 aliphatic carbocycles. The SMILES string of the molecule is CCN1CCN(Cc2ccccc2CNC(=O)NCc2cccc(F)c2)CC1. The molecule has 1 heterocycles. The fourth-order valence-corrected chi connectivity index (χ4v) is 3.46. The Morgan fingerprint density at radius 2 is 1.61 bits per heavy atom. The summed E-state index contributed by atoms with van der Waals surface area (Å²) in [6, 6.07) is 14.2. The third kappa shape index (κ3) is 6.04. The van der Waals surface area contributed by atoms with E-state index in [2.05, 4.69) is 39.5 Å². The highest BCUT2D eigenvalue weighted by atomic mass is 19.1. The van der Waals surface area contributed by atoms with Crippen molar-refractivity contribution in [3.05, 3.63) is 71.0 Å². The molecule has 1 aliphatic heterocycles. The maximum absolute atomic E-state index is 13.2. The molecule has 5 nitrogen and oxygen atoms in total. The molecule has 150 valence electrons. The van der Waals surface area contributed by atoms with Crippen molar-refractivity contribution in [1.29, 1.82) is 0 Å². The van der Waals surface area contributed by atoms with E-state index in [0.29, 0.717) is 13.1 Å². The monoisotopic (exact) mass is 384 g/mol. The van der Waals surface area contributed by atoms with Crippen molar-refractivity contribution < 1.29 is 9.18 Å². The largest absolute Gasteiger partial charge is 0.334 e. The molecule has 2 N–H and O–H groups in total.